The molecule has 1 aromatic carbocycles. The Bertz CT molecular complexity index is 678. The normalized spacial score (nSPS) is 17.7. The van der Waals surface area contributed by atoms with Gasteiger partial charge in [0.15, 0.2) is 0 Å². The summed E-state index contributed by atoms with van der Waals surface area (Å²) in [6.07, 6.45) is 7.60. The van der Waals surface area contributed by atoms with Gasteiger partial charge in [-0.05, 0) is 44.0 Å². The van der Waals surface area contributed by atoms with Crippen LogP contribution in [-0.4, -0.2) is 41.7 Å². The zero-order valence-electron chi connectivity index (χ0n) is 15.2. The second kappa shape index (κ2) is 7.26. The van der Waals surface area contributed by atoms with Crippen LogP contribution in [0.15, 0.2) is 36.9 Å². The summed E-state index contributed by atoms with van der Waals surface area (Å²) in [7, 11) is 2.07. The fraction of sp³-hybridized carbons (Fsp3) is 0.526. The van der Waals surface area contributed by atoms with Crippen LogP contribution in [0.5, 0.6) is 0 Å². The monoisotopic (exact) mass is 328 g/mol. The fourth-order valence-corrected chi connectivity index (χ4v) is 3.52. The first-order chi connectivity index (χ1) is 11.5. The number of nitrogen functional groups attached to an aromatic ring is 1. The van der Waals surface area contributed by atoms with E-state index < -0.39 is 0 Å². The summed E-state index contributed by atoms with van der Waals surface area (Å²) in [4.78, 5) is 5.11. The Hall–Kier alpha value is -2.01. The van der Waals surface area contributed by atoms with Crippen LogP contribution in [0.1, 0.15) is 18.9 Å². The highest BCUT2D eigenvalue weighted by Crippen LogP contribution is 2.22. The van der Waals surface area contributed by atoms with E-state index in [1.54, 1.807) is 0 Å². The van der Waals surface area contributed by atoms with Gasteiger partial charge in [-0.1, -0.05) is 0 Å². The molecule has 1 aromatic heterocycles. The third-order valence-electron chi connectivity index (χ3n) is 5.07. The highest BCUT2D eigenvalue weighted by atomic mass is 15.2. The Kier molecular flexibility index (Phi) is 5.09. The van der Waals surface area contributed by atoms with Crippen molar-refractivity contribution in [2.24, 2.45) is 7.05 Å². The van der Waals surface area contributed by atoms with Crippen molar-refractivity contribution < 1.29 is 4.57 Å². The number of nitrogens with zero attached hydrogens (tertiary/aromatic N) is 4. The van der Waals surface area contributed by atoms with Crippen molar-refractivity contribution in [3.05, 3.63) is 42.5 Å². The standard InChI is InChI=1S/C19H30N5/c1-16-13-18(5-6-19(16)20)24-8-4-7-23(11-12-24)17(2)14-22-10-9-21(3)15-22/h5-6,9-10,13,15,17H,4,7-8,11-12,14,20H2,1-3H3/q+1. The molecular weight excluding hydrogens is 298 g/mol. The maximum atomic E-state index is 5.96. The van der Waals surface area contributed by atoms with Crippen LogP contribution >= 0.6 is 0 Å². The van der Waals surface area contributed by atoms with E-state index in [0.29, 0.717) is 6.04 Å². The second-order valence-corrected chi connectivity index (χ2v) is 7.04. The number of aromatic nitrogens is 2. The maximum absolute atomic E-state index is 5.96. The smallest absolute Gasteiger partial charge is 0.243 e. The van der Waals surface area contributed by atoms with Crippen molar-refractivity contribution in [2.75, 3.05) is 36.8 Å². The molecule has 5 heteroatoms. The highest BCUT2D eigenvalue weighted by molar-refractivity contribution is 5.58. The van der Waals surface area contributed by atoms with Crippen LogP contribution in [-0.2, 0) is 13.6 Å². The van der Waals surface area contributed by atoms with Gasteiger partial charge in [0.1, 0.15) is 18.9 Å². The molecule has 1 saturated heterocycles. The molecule has 1 aliphatic rings. The first-order valence-electron chi connectivity index (χ1n) is 8.89. The van der Waals surface area contributed by atoms with E-state index in [1.165, 1.54) is 24.2 Å². The third kappa shape index (κ3) is 3.90. The van der Waals surface area contributed by atoms with Gasteiger partial charge in [0.05, 0.1) is 7.05 Å². The molecule has 1 unspecified atom stereocenters. The Balaban J connectivity index is 1.60. The Morgan fingerprint density at radius 1 is 1.21 bits per heavy atom. The molecule has 24 heavy (non-hydrogen) atoms. The molecule has 0 saturated carbocycles. The molecule has 1 fully saturated rings. The van der Waals surface area contributed by atoms with Crippen molar-refractivity contribution in [1.29, 1.82) is 0 Å². The Labute approximate surface area is 145 Å². The lowest BCUT2D eigenvalue weighted by Gasteiger charge is -2.27. The van der Waals surface area contributed by atoms with E-state index in [-0.39, 0.29) is 0 Å². The number of nitrogens with two attached hydrogens (primary N) is 1. The van der Waals surface area contributed by atoms with Gasteiger partial charge in [0.2, 0.25) is 6.33 Å². The van der Waals surface area contributed by atoms with Gasteiger partial charge in [-0.15, -0.1) is 0 Å². The molecule has 130 valence electrons. The number of hydrogen-bond acceptors (Lipinski definition) is 3. The molecule has 2 aromatic rings. The number of benzene rings is 1. The van der Waals surface area contributed by atoms with Gasteiger partial charge >= 0.3 is 0 Å². The van der Waals surface area contributed by atoms with Gasteiger partial charge in [0, 0.05) is 43.6 Å². The van der Waals surface area contributed by atoms with Crippen molar-refractivity contribution in [3.8, 4) is 0 Å². The lowest BCUT2D eigenvalue weighted by Crippen LogP contribution is -2.39. The van der Waals surface area contributed by atoms with Crippen LogP contribution in [0.4, 0.5) is 11.4 Å². The van der Waals surface area contributed by atoms with Crippen molar-refractivity contribution in [2.45, 2.75) is 32.9 Å². The molecular formula is C19H30N5+. The first-order valence-corrected chi connectivity index (χ1v) is 8.89. The van der Waals surface area contributed by atoms with Gasteiger partial charge in [-0.25, -0.2) is 9.13 Å². The summed E-state index contributed by atoms with van der Waals surface area (Å²) >= 11 is 0. The average Bonchev–Trinajstić information content (AvgIpc) is 2.82. The third-order valence-corrected chi connectivity index (χ3v) is 5.07. The molecule has 0 aliphatic carbocycles. The quantitative estimate of drug-likeness (QED) is 0.687. The van der Waals surface area contributed by atoms with E-state index in [1.807, 2.05) is 6.07 Å². The number of imidazole rings is 1. The molecule has 3 rings (SSSR count). The highest BCUT2D eigenvalue weighted by Gasteiger charge is 2.21. The fourth-order valence-electron chi connectivity index (χ4n) is 3.52. The molecule has 5 nitrogen and oxygen atoms in total. The maximum Gasteiger partial charge on any atom is 0.243 e. The summed E-state index contributed by atoms with van der Waals surface area (Å²) in [5.41, 5.74) is 9.30. The summed E-state index contributed by atoms with van der Waals surface area (Å²) in [6, 6.07) is 6.95. The van der Waals surface area contributed by atoms with Crippen LogP contribution in [0.3, 0.4) is 0 Å². The topological polar surface area (TPSA) is 41.3 Å². The Morgan fingerprint density at radius 2 is 2.04 bits per heavy atom. The summed E-state index contributed by atoms with van der Waals surface area (Å²) in [5, 5.41) is 0. The minimum absolute atomic E-state index is 0.547. The van der Waals surface area contributed by atoms with E-state index >= 15 is 0 Å². The van der Waals surface area contributed by atoms with Crippen molar-refractivity contribution in [3.63, 3.8) is 0 Å². The van der Waals surface area contributed by atoms with Crippen LogP contribution < -0.4 is 15.2 Å². The van der Waals surface area contributed by atoms with Crippen molar-refractivity contribution >= 4 is 11.4 Å². The van der Waals surface area contributed by atoms with Gasteiger partial charge in [0.25, 0.3) is 0 Å². The minimum atomic E-state index is 0.547. The predicted molar refractivity (Wildman–Crippen MR) is 99.1 cm³/mol. The first kappa shape index (κ1) is 16.8. The summed E-state index contributed by atoms with van der Waals surface area (Å²) in [5.74, 6) is 0. The molecule has 0 radical (unpaired) electrons. The lowest BCUT2D eigenvalue weighted by atomic mass is 10.1. The molecule has 0 amide bonds. The van der Waals surface area contributed by atoms with E-state index in [0.717, 1.165) is 31.9 Å². The zero-order valence-corrected chi connectivity index (χ0v) is 15.2. The molecule has 0 spiro atoms. The molecule has 2 N–H and O–H groups in total. The van der Waals surface area contributed by atoms with E-state index in [2.05, 4.69) is 70.7 Å². The van der Waals surface area contributed by atoms with E-state index in [9.17, 15) is 0 Å². The van der Waals surface area contributed by atoms with E-state index in [4.69, 9.17) is 5.73 Å². The number of rotatable bonds is 4. The summed E-state index contributed by atoms with van der Waals surface area (Å²) in [6.45, 7) is 9.93. The van der Waals surface area contributed by atoms with Crippen LogP contribution in [0.25, 0.3) is 0 Å². The Morgan fingerprint density at radius 3 is 2.75 bits per heavy atom. The molecule has 1 atom stereocenters. The van der Waals surface area contributed by atoms with Gasteiger partial charge in [-0.3, -0.25) is 4.90 Å². The molecule has 1 aliphatic heterocycles. The second-order valence-electron chi connectivity index (χ2n) is 7.04. The van der Waals surface area contributed by atoms with Crippen molar-refractivity contribution in [1.82, 2.24) is 9.47 Å². The average molecular weight is 328 g/mol. The number of aryl methyl sites for hydroxylation is 2. The minimum Gasteiger partial charge on any atom is -0.399 e. The lowest BCUT2D eigenvalue weighted by molar-refractivity contribution is -0.671. The molecule has 2 heterocycles. The van der Waals surface area contributed by atoms with Gasteiger partial charge in [-0.2, -0.15) is 0 Å². The summed E-state index contributed by atoms with van der Waals surface area (Å²) < 4.78 is 4.37. The van der Waals surface area contributed by atoms with Crippen LogP contribution in [0.2, 0.25) is 0 Å². The van der Waals surface area contributed by atoms with Crippen LogP contribution in [0, 0.1) is 6.92 Å². The number of hydrogen-bond donors (Lipinski definition) is 1. The molecule has 0 bridgehead atoms. The number of anilines is 2. The SMILES string of the molecule is Cc1cc(N2CCCN(C(C)Cn3cc[n+](C)c3)CC2)ccc1N. The zero-order chi connectivity index (χ0) is 17.1. The largest absolute Gasteiger partial charge is 0.399 e. The predicted octanol–water partition coefficient (Wildman–Crippen LogP) is 1.80. The van der Waals surface area contributed by atoms with Gasteiger partial charge < -0.3 is 10.6 Å².